The smallest absolute Gasteiger partial charge is 0.240 e. The largest absolute Gasteiger partial charge is 0.480 e. The molecule has 1 aromatic rings. The molecule has 5 heteroatoms. The van der Waals surface area contributed by atoms with E-state index in [0.717, 1.165) is 5.56 Å². The van der Waals surface area contributed by atoms with Crippen LogP contribution in [0.3, 0.4) is 0 Å². The SMILES string of the molecule is COc1nncc(Cl)c1COC(C)(C)C. The van der Waals surface area contributed by atoms with Gasteiger partial charge in [-0.15, -0.1) is 5.10 Å². The minimum atomic E-state index is -0.225. The molecule has 4 nitrogen and oxygen atoms in total. The molecule has 0 N–H and O–H groups in total. The van der Waals surface area contributed by atoms with Crippen molar-refractivity contribution in [1.29, 1.82) is 0 Å². The molecule has 84 valence electrons. The lowest BCUT2D eigenvalue weighted by Crippen LogP contribution is -2.19. The lowest BCUT2D eigenvalue weighted by Gasteiger charge is -2.20. The Kier molecular flexibility index (Phi) is 3.88. The number of methoxy groups -OCH3 is 1. The quantitative estimate of drug-likeness (QED) is 0.800. The third-order valence-electron chi connectivity index (χ3n) is 1.71. The van der Waals surface area contributed by atoms with Crippen molar-refractivity contribution in [2.24, 2.45) is 0 Å². The Morgan fingerprint density at radius 1 is 1.40 bits per heavy atom. The van der Waals surface area contributed by atoms with Gasteiger partial charge in [-0.1, -0.05) is 11.6 Å². The van der Waals surface area contributed by atoms with Gasteiger partial charge in [0.1, 0.15) is 0 Å². The molecule has 1 aromatic heterocycles. The highest BCUT2D eigenvalue weighted by molar-refractivity contribution is 6.31. The van der Waals surface area contributed by atoms with Gasteiger partial charge >= 0.3 is 0 Å². The predicted octanol–water partition coefficient (Wildman–Crippen LogP) is 2.45. The molecular formula is C10H15ClN2O2. The van der Waals surface area contributed by atoms with Crippen LogP contribution in [0.4, 0.5) is 0 Å². The monoisotopic (exact) mass is 230 g/mol. The number of rotatable bonds is 3. The summed E-state index contributed by atoms with van der Waals surface area (Å²) in [4.78, 5) is 0. The molecule has 0 fully saturated rings. The second-order valence-electron chi connectivity index (χ2n) is 4.08. The zero-order chi connectivity index (χ0) is 11.5. The number of aromatic nitrogens is 2. The zero-order valence-electron chi connectivity index (χ0n) is 9.37. The number of hydrogen-bond donors (Lipinski definition) is 0. The van der Waals surface area contributed by atoms with Gasteiger partial charge < -0.3 is 9.47 Å². The Morgan fingerprint density at radius 2 is 2.07 bits per heavy atom. The predicted molar refractivity (Wildman–Crippen MR) is 58.1 cm³/mol. The Bertz CT molecular complexity index is 337. The van der Waals surface area contributed by atoms with Crippen LogP contribution >= 0.6 is 11.6 Å². The molecule has 0 amide bonds. The summed E-state index contributed by atoms with van der Waals surface area (Å²) >= 11 is 5.97. The summed E-state index contributed by atoms with van der Waals surface area (Å²) in [6.45, 7) is 6.28. The Morgan fingerprint density at radius 3 is 2.60 bits per heavy atom. The van der Waals surface area contributed by atoms with E-state index in [2.05, 4.69) is 10.2 Å². The van der Waals surface area contributed by atoms with Gasteiger partial charge in [-0.25, -0.2) is 0 Å². The third-order valence-corrected chi connectivity index (χ3v) is 2.03. The first kappa shape index (κ1) is 12.2. The van der Waals surface area contributed by atoms with Gasteiger partial charge in [0.2, 0.25) is 5.88 Å². The van der Waals surface area contributed by atoms with Crippen LogP contribution in [-0.4, -0.2) is 22.9 Å². The summed E-state index contributed by atoms with van der Waals surface area (Å²) in [5.74, 6) is 0.409. The molecule has 0 spiro atoms. The van der Waals surface area contributed by atoms with Crippen LogP contribution in [0.5, 0.6) is 5.88 Å². The number of hydrogen-bond acceptors (Lipinski definition) is 4. The van der Waals surface area contributed by atoms with Crippen LogP contribution in [0.2, 0.25) is 5.02 Å². The lowest BCUT2D eigenvalue weighted by atomic mass is 10.2. The van der Waals surface area contributed by atoms with Crippen molar-refractivity contribution in [3.63, 3.8) is 0 Å². The van der Waals surface area contributed by atoms with Gasteiger partial charge in [0.15, 0.2) is 0 Å². The van der Waals surface area contributed by atoms with Crippen LogP contribution in [0.25, 0.3) is 0 Å². The summed E-state index contributed by atoms with van der Waals surface area (Å²) in [6.07, 6.45) is 1.48. The number of ether oxygens (including phenoxy) is 2. The van der Waals surface area contributed by atoms with E-state index >= 15 is 0 Å². The average molecular weight is 231 g/mol. The summed E-state index contributed by atoms with van der Waals surface area (Å²) in [5.41, 5.74) is 0.501. The fraction of sp³-hybridized carbons (Fsp3) is 0.600. The molecule has 15 heavy (non-hydrogen) atoms. The van der Waals surface area contributed by atoms with Gasteiger partial charge in [-0.3, -0.25) is 0 Å². The van der Waals surface area contributed by atoms with Crippen LogP contribution in [0, 0.1) is 0 Å². The van der Waals surface area contributed by atoms with Crippen LogP contribution in [-0.2, 0) is 11.3 Å². The van der Waals surface area contributed by atoms with E-state index in [1.165, 1.54) is 13.3 Å². The van der Waals surface area contributed by atoms with E-state index in [1.54, 1.807) is 0 Å². The van der Waals surface area contributed by atoms with E-state index in [0.29, 0.717) is 17.5 Å². The van der Waals surface area contributed by atoms with E-state index in [-0.39, 0.29) is 5.60 Å². The van der Waals surface area contributed by atoms with Crippen molar-refractivity contribution >= 4 is 11.6 Å². The summed E-state index contributed by atoms with van der Waals surface area (Å²) in [5, 5.41) is 8.03. The molecule has 1 rings (SSSR count). The first-order chi connectivity index (χ1) is 6.94. The molecule has 0 saturated heterocycles. The number of nitrogens with zero attached hydrogens (tertiary/aromatic N) is 2. The van der Waals surface area contributed by atoms with Gasteiger partial charge in [0, 0.05) is 0 Å². The van der Waals surface area contributed by atoms with Gasteiger partial charge in [-0.05, 0) is 20.8 Å². The minimum absolute atomic E-state index is 0.225. The van der Waals surface area contributed by atoms with Gasteiger partial charge in [0.25, 0.3) is 0 Å². The Labute approximate surface area is 94.6 Å². The maximum absolute atomic E-state index is 5.97. The molecule has 0 radical (unpaired) electrons. The molecule has 0 aliphatic carbocycles. The summed E-state index contributed by atoms with van der Waals surface area (Å²) in [7, 11) is 1.53. The normalized spacial score (nSPS) is 11.5. The molecule has 0 aliphatic rings. The summed E-state index contributed by atoms with van der Waals surface area (Å²) in [6, 6.07) is 0. The minimum Gasteiger partial charge on any atom is -0.480 e. The molecule has 0 saturated carbocycles. The number of halogens is 1. The van der Waals surface area contributed by atoms with Gasteiger partial charge in [-0.2, -0.15) is 5.10 Å². The third kappa shape index (κ3) is 3.64. The maximum atomic E-state index is 5.97. The highest BCUT2D eigenvalue weighted by Gasteiger charge is 2.15. The highest BCUT2D eigenvalue weighted by Crippen LogP contribution is 2.25. The van der Waals surface area contributed by atoms with E-state index in [9.17, 15) is 0 Å². The maximum Gasteiger partial charge on any atom is 0.240 e. The Hall–Kier alpha value is -0.870. The molecule has 1 heterocycles. The van der Waals surface area contributed by atoms with Crippen molar-refractivity contribution in [3.05, 3.63) is 16.8 Å². The van der Waals surface area contributed by atoms with Crippen LogP contribution in [0.15, 0.2) is 6.20 Å². The molecule has 0 aromatic carbocycles. The second-order valence-corrected chi connectivity index (χ2v) is 4.49. The molecule has 0 aliphatic heterocycles. The van der Waals surface area contributed by atoms with Crippen LogP contribution < -0.4 is 4.74 Å². The van der Waals surface area contributed by atoms with Crippen molar-refractivity contribution in [1.82, 2.24) is 10.2 Å². The van der Waals surface area contributed by atoms with E-state index < -0.39 is 0 Å². The standard InChI is InChI=1S/C10H15ClN2O2/c1-10(2,3)15-6-7-8(11)5-12-13-9(7)14-4/h5H,6H2,1-4H3. The topological polar surface area (TPSA) is 44.2 Å². The van der Waals surface area contributed by atoms with E-state index in [1.807, 2.05) is 20.8 Å². The highest BCUT2D eigenvalue weighted by atomic mass is 35.5. The van der Waals surface area contributed by atoms with Crippen molar-refractivity contribution in [3.8, 4) is 5.88 Å². The first-order valence-electron chi connectivity index (χ1n) is 4.62. The van der Waals surface area contributed by atoms with Gasteiger partial charge in [0.05, 0.1) is 36.1 Å². The Balaban J connectivity index is 2.83. The average Bonchev–Trinajstić information content (AvgIpc) is 2.14. The van der Waals surface area contributed by atoms with Crippen molar-refractivity contribution in [2.75, 3.05) is 7.11 Å². The fourth-order valence-electron chi connectivity index (χ4n) is 0.956. The molecule has 0 bridgehead atoms. The van der Waals surface area contributed by atoms with Crippen molar-refractivity contribution in [2.45, 2.75) is 33.0 Å². The molecule has 0 unspecified atom stereocenters. The van der Waals surface area contributed by atoms with Crippen molar-refractivity contribution < 1.29 is 9.47 Å². The first-order valence-corrected chi connectivity index (χ1v) is 5.00. The second kappa shape index (κ2) is 4.77. The molecule has 0 atom stereocenters. The molecular weight excluding hydrogens is 216 g/mol. The fourth-order valence-corrected chi connectivity index (χ4v) is 1.13. The lowest BCUT2D eigenvalue weighted by molar-refractivity contribution is -0.0158. The van der Waals surface area contributed by atoms with Crippen LogP contribution in [0.1, 0.15) is 26.3 Å². The zero-order valence-corrected chi connectivity index (χ0v) is 10.1. The summed E-state index contributed by atoms with van der Waals surface area (Å²) < 4.78 is 10.7. The van der Waals surface area contributed by atoms with E-state index in [4.69, 9.17) is 21.1 Å².